The number of halogens is 1. The molecule has 2 nitrogen and oxygen atoms in total. The minimum Gasteiger partial charge on any atom is -0.540 e. The third-order valence-electron chi connectivity index (χ3n) is 4.02. The van der Waals surface area contributed by atoms with Gasteiger partial charge in [0.1, 0.15) is 0 Å². The van der Waals surface area contributed by atoms with Crippen molar-refractivity contribution >= 4 is 23.6 Å². The Morgan fingerprint density at radius 3 is 2.52 bits per heavy atom. The molecular weight excluding hydrogens is 317 g/mol. The molecule has 0 aliphatic heterocycles. The van der Waals surface area contributed by atoms with Gasteiger partial charge in [0, 0.05) is 16.7 Å². The zero-order valence-corrected chi connectivity index (χ0v) is 17.7. The molecule has 4 heteroatoms. The maximum Gasteiger partial charge on any atom is 1.00 e. The van der Waals surface area contributed by atoms with Gasteiger partial charge in [0.15, 0.2) is 0 Å². The van der Waals surface area contributed by atoms with Crippen LogP contribution >= 0.6 is 11.6 Å². The summed E-state index contributed by atoms with van der Waals surface area (Å²) in [6.07, 6.45) is 7.52. The van der Waals surface area contributed by atoms with E-state index >= 15 is 0 Å². The van der Waals surface area contributed by atoms with Gasteiger partial charge in [-0.1, -0.05) is 70.0 Å². The van der Waals surface area contributed by atoms with Crippen molar-refractivity contribution in [2.45, 2.75) is 58.8 Å². The van der Waals surface area contributed by atoms with E-state index in [1.165, 1.54) is 12.8 Å². The predicted octanol–water partition coefficient (Wildman–Crippen LogP) is 2.60. The monoisotopic (exact) mass is 343 g/mol. The number of carbonyl (C=O) groups excluding carboxylic acids is 1. The van der Waals surface area contributed by atoms with Crippen LogP contribution in [-0.2, 0) is 4.79 Å². The van der Waals surface area contributed by atoms with Crippen LogP contribution in [0.1, 0.15) is 64.4 Å². The van der Waals surface area contributed by atoms with Crippen molar-refractivity contribution < 1.29 is 34.4 Å². The summed E-state index contributed by atoms with van der Waals surface area (Å²) in [6.45, 7) is 6.79. The van der Waals surface area contributed by atoms with Crippen LogP contribution in [0.4, 0.5) is 0 Å². The van der Waals surface area contributed by atoms with Gasteiger partial charge in [-0.15, -0.1) is 0 Å². The molecule has 2 rings (SSSR count). The molecule has 1 atom stereocenters. The number of rotatable bonds is 4. The van der Waals surface area contributed by atoms with Crippen LogP contribution < -0.4 is 29.6 Å². The van der Waals surface area contributed by atoms with Crippen LogP contribution in [-0.4, -0.2) is 18.5 Å². The van der Waals surface area contributed by atoms with Gasteiger partial charge in [-0.2, -0.15) is 0 Å². The zero-order chi connectivity index (χ0) is 16.4. The van der Waals surface area contributed by atoms with Crippen LogP contribution in [0.3, 0.4) is 0 Å². The maximum atomic E-state index is 10.3. The first-order valence-corrected chi connectivity index (χ1v) is 8.60. The van der Waals surface area contributed by atoms with Gasteiger partial charge in [0.25, 0.3) is 0 Å². The second kappa shape index (κ2) is 13.2. The fourth-order valence-corrected chi connectivity index (χ4v) is 2.68. The molecular formula is C19H27ClNNaO. The molecule has 0 heterocycles. The third-order valence-corrected chi connectivity index (χ3v) is 4.37. The van der Waals surface area contributed by atoms with Gasteiger partial charge < -0.3 is 9.79 Å². The molecule has 0 amide bonds. The molecule has 0 aromatic heterocycles. The van der Waals surface area contributed by atoms with Gasteiger partial charge >= 0.3 is 29.6 Å². The molecule has 1 aliphatic carbocycles. The second-order valence-electron chi connectivity index (χ2n) is 6.07. The molecule has 122 valence electrons. The molecule has 1 fully saturated rings. The molecule has 0 saturated heterocycles. The second-order valence-corrected chi connectivity index (χ2v) is 6.48. The van der Waals surface area contributed by atoms with E-state index in [9.17, 15) is 4.79 Å². The van der Waals surface area contributed by atoms with Gasteiger partial charge in [0.2, 0.25) is 0 Å². The fraction of sp³-hybridized carbons (Fsp3) is 0.579. The third kappa shape index (κ3) is 8.49. The predicted molar refractivity (Wildman–Crippen MR) is 95.8 cm³/mol. The summed E-state index contributed by atoms with van der Waals surface area (Å²) in [7, 11) is 0. The van der Waals surface area contributed by atoms with Crippen molar-refractivity contribution in [3.05, 3.63) is 34.9 Å². The summed E-state index contributed by atoms with van der Waals surface area (Å²) in [4.78, 5) is 14.6. The van der Waals surface area contributed by atoms with Crippen LogP contribution in [0.5, 0.6) is 0 Å². The molecule has 1 saturated carbocycles. The molecule has 0 N–H and O–H groups in total. The summed E-state index contributed by atoms with van der Waals surface area (Å²) < 4.78 is 0. The van der Waals surface area contributed by atoms with Crippen molar-refractivity contribution in [3.8, 4) is 0 Å². The van der Waals surface area contributed by atoms with E-state index in [2.05, 4.69) is 31.8 Å². The normalized spacial score (nSPS) is 18.8. The van der Waals surface area contributed by atoms with Crippen molar-refractivity contribution in [2.24, 2.45) is 10.9 Å². The Balaban J connectivity index is 0.000000709. The molecule has 1 aromatic rings. The molecule has 1 aromatic carbocycles. The fourth-order valence-electron chi connectivity index (χ4n) is 2.41. The zero-order valence-electron chi connectivity index (χ0n) is 14.9. The van der Waals surface area contributed by atoms with Crippen molar-refractivity contribution in [1.29, 1.82) is 0 Å². The number of hydrogen-bond donors (Lipinski definition) is 0. The summed E-state index contributed by atoms with van der Waals surface area (Å²) in [5, 5.41) is 0.794. The number of aliphatic imine (C=N–C) groups is 1. The standard InChI is InChI=1S/C14H15ClNO.C5H12.Na/c15-13-7-3-1-5-11(13)12-6-2-4-8-14(12)16-9-10-17;1-4-5(2)3;/h1,3,5,7,12H,2,4,6,8-9H2;5H,4H2,1-3H3;/q-1;;+1. The first kappa shape index (κ1) is 22.9. The Morgan fingerprint density at radius 2 is 1.96 bits per heavy atom. The maximum absolute atomic E-state index is 10.3. The van der Waals surface area contributed by atoms with E-state index in [4.69, 9.17) is 11.6 Å². The van der Waals surface area contributed by atoms with E-state index in [1.807, 2.05) is 24.5 Å². The summed E-state index contributed by atoms with van der Waals surface area (Å²) in [5.74, 6) is 1.17. The molecule has 0 bridgehead atoms. The van der Waals surface area contributed by atoms with Crippen LogP contribution in [0, 0.1) is 5.92 Å². The van der Waals surface area contributed by atoms with E-state index in [0.717, 1.165) is 41.5 Å². The molecule has 0 spiro atoms. The van der Waals surface area contributed by atoms with Crippen molar-refractivity contribution in [1.82, 2.24) is 0 Å². The van der Waals surface area contributed by atoms with Gasteiger partial charge in [-0.05, 0) is 36.8 Å². The molecule has 23 heavy (non-hydrogen) atoms. The Bertz CT molecular complexity index is 488. The summed E-state index contributed by atoms with van der Waals surface area (Å²) >= 11 is 6.22. The quantitative estimate of drug-likeness (QED) is 0.610. The first-order chi connectivity index (χ1) is 10.6. The number of benzene rings is 1. The Hall–Kier alpha value is -0.150. The number of hydrogen-bond acceptors (Lipinski definition) is 2. The topological polar surface area (TPSA) is 29.4 Å². The van der Waals surface area contributed by atoms with Gasteiger partial charge in [-0.25, -0.2) is 6.29 Å². The minimum absolute atomic E-state index is 0. The van der Waals surface area contributed by atoms with Gasteiger partial charge in [0.05, 0.1) is 0 Å². The first-order valence-electron chi connectivity index (χ1n) is 8.22. The van der Waals surface area contributed by atoms with Crippen molar-refractivity contribution in [2.75, 3.05) is 6.54 Å². The Morgan fingerprint density at radius 1 is 1.30 bits per heavy atom. The smallest absolute Gasteiger partial charge is 0.540 e. The van der Waals surface area contributed by atoms with Gasteiger partial charge in [-0.3, -0.25) is 0 Å². The molecule has 0 radical (unpaired) electrons. The molecule has 1 unspecified atom stereocenters. The minimum atomic E-state index is 0. The average molecular weight is 344 g/mol. The van der Waals surface area contributed by atoms with E-state index < -0.39 is 0 Å². The van der Waals surface area contributed by atoms with E-state index in [1.54, 1.807) is 0 Å². The summed E-state index contributed by atoms with van der Waals surface area (Å²) in [6, 6.07) is 7.90. The average Bonchev–Trinajstić information content (AvgIpc) is 2.54. The Kier molecular flexibility index (Phi) is 13.1. The van der Waals surface area contributed by atoms with E-state index in [-0.39, 0.29) is 42.0 Å². The van der Waals surface area contributed by atoms with Crippen LogP contribution in [0.25, 0.3) is 0 Å². The SMILES string of the molecule is CCC(C)C.O=[C-]CN=C1CCCCC1c1ccccc1Cl.[Na+]. The molecule has 1 aliphatic rings. The Labute approximate surface area is 168 Å². The van der Waals surface area contributed by atoms with Crippen LogP contribution in [0.2, 0.25) is 5.02 Å². The van der Waals surface area contributed by atoms with Crippen molar-refractivity contribution in [3.63, 3.8) is 0 Å². The number of nitrogens with zero attached hydrogens (tertiary/aromatic N) is 1. The van der Waals surface area contributed by atoms with Crippen LogP contribution in [0.15, 0.2) is 29.3 Å². The summed E-state index contributed by atoms with van der Waals surface area (Å²) in [5.41, 5.74) is 2.24. The van der Waals surface area contributed by atoms with E-state index in [0.29, 0.717) is 0 Å². The largest absolute Gasteiger partial charge is 1.00 e.